The minimum absolute atomic E-state index is 0.0593. The average molecular weight is 270 g/mol. The summed E-state index contributed by atoms with van der Waals surface area (Å²) in [6.07, 6.45) is -4.59. The smallest absolute Gasteiger partial charge is 0.390 e. The molecule has 0 spiro atoms. The molecular weight excluding hydrogens is 249 g/mol. The molecule has 0 aromatic carbocycles. The standard InChI is InChI=1S/C12H21F3O3/c1-2-3-4-5-8-17-10-7-6-9(16)11(18-10)12(13,14)15/h9-11,16H,2-8H2,1H3/t9-,10+,11-/m0/s1. The summed E-state index contributed by atoms with van der Waals surface area (Å²) in [7, 11) is 0. The van der Waals surface area contributed by atoms with Gasteiger partial charge in [-0.15, -0.1) is 0 Å². The number of halogens is 3. The zero-order valence-corrected chi connectivity index (χ0v) is 10.6. The number of aliphatic hydroxyl groups is 1. The second kappa shape index (κ2) is 7.31. The third-order valence-electron chi connectivity index (χ3n) is 2.97. The maximum absolute atomic E-state index is 12.5. The van der Waals surface area contributed by atoms with Crippen molar-refractivity contribution in [1.29, 1.82) is 0 Å². The number of hydrogen-bond acceptors (Lipinski definition) is 3. The van der Waals surface area contributed by atoms with Gasteiger partial charge in [0.2, 0.25) is 0 Å². The second-order valence-electron chi connectivity index (χ2n) is 4.60. The highest BCUT2D eigenvalue weighted by Crippen LogP contribution is 2.32. The highest BCUT2D eigenvalue weighted by Gasteiger charge is 2.48. The van der Waals surface area contributed by atoms with Gasteiger partial charge in [0.1, 0.15) is 0 Å². The zero-order valence-electron chi connectivity index (χ0n) is 10.6. The quantitative estimate of drug-likeness (QED) is 0.754. The molecule has 0 aromatic rings. The number of rotatable bonds is 6. The molecule has 18 heavy (non-hydrogen) atoms. The SMILES string of the molecule is CCCCCCO[C@H]1CC[C@H](O)[C@@H](C(F)(F)F)O1. The van der Waals surface area contributed by atoms with Crippen LogP contribution in [0.4, 0.5) is 13.2 Å². The Labute approximate surface area is 105 Å². The first-order valence-corrected chi connectivity index (χ1v) is 6.47. The van der Waals surface area contributed by atoms with Gasteiger partial charge < -0.3 is 14.6 Å². The van der Waals surface area contributed by atoms with Crippen molar-refractivity contribution < 1.29 is 27.8 Å². The molecule has 1 rings (SSSR count). The minimum atomic E-state index is -4.54. The topological polar surface area (TPSA) is 38.7 Å². The van der Waals surface area contributed by atoms with Crippen molar-refractivity contribution in [2.45, 2.75) is 70.1 Å². The molecule has 0 aliphatic carbocycles. The Hall–Kier alpha value is -0.330. The van der Waals surface area contributed by atoms with E-state index in [9.17, 15) is 18.3 Å². The fraction of sp³-hybridized carbons (Fsp3) is 1.00. The van der Waals surface area contributed by atoms with Crippen LogP contribution in [0.3, 0.4) is 0 Å². The monoisotopic (exact) mass is 270 g/mol. The van der Waals surface area contributed by atoms with E-state index in [0.29, 0.717) is 13.0 Å². The van der Waals surface area contributed by atoms with Gasteiger partial charge in [-0.05, 0) is 12.8 Å². The Morgan fingerprint density at radius 3 is 2.56 bits per heavy atom. The molecule has 1 saturated heterocycles. The van der Waals surface area contributed by atoms with Crippen molar-refractivity contribution in [3.05, 3.63) is 0 Å². The minimum Gasteiger partial charge on any atom is -0.390 e. The Balaban J connectivity index is 2.27. The second-order valence-corrected chi connectivity index (χ2v) is 4.60. The van der Waals surface area contributed by atoms with Crippen molar-refractivity contribution in [3.8, 4) is 0 Å². The van der Waals surface area contributed by atoms with Gasteiger partial charge in [0, 0.05) is 13.0 Å². The summed E-state index contributed by atoms with van der Waals surface area (Å²) in [6, 6.07) is 0. The zero-order chi connectivity index (χ0) is 13.6. The van der Waals surface area contributed by atoms with Crippen molar-refractivity contribution in [2.75, 3.05) is 6.61 Å². The maximum atomic E-state index is 12.5. The molecule has 0 aromatic heterocycles. The molecule has 0 radical (unpaired) electrons. The third-order valence-corrected chi connectivity index (χ3v) is 2.97. The largest absolute Gasteiger partial charge is 0.417 e. The number of alkyl halides is 3. The van der Waals surface area contributed by atoms with Gasteiger partial charge in [-0.3, -0.25) is 0 Å². The van der Waals surface area contributed by atoms with Crippen LogP contribution in [0, 0.1) is 0 Å². The predicted octanol–water partition coefficient (Wildman–Crippen LogP) is 3.01. The van der Waals surface area contributed by atoms with Crippen LogP contribution in [-0.4, -0.2) is 36.4 Å². The van der Waals surface area contributed by atoms with E-state index in [1.54, 1.807) is 0 Å². The van der Waals surface area contributed by atoms with Crippen molar-refractivity contribution in [1.82, 2.24) is 0 Å². The Kier molecular flexibility index (Phi) is 6.38. The molecule has 0 bridgehead atoms. The molecule has 3 atom stereocenters. The summed E-state index contributed by atoms with van der Waals surface area (Å²) >= 11 is 0. The molecule has 1 heterocycles. The first-order chi connectivity index (χ1) is 8.45. The van der Waals surface area contributed by atoms with Gasteiger partial charge in [-0.25, -0.2) is 0 Å². The lowest BCUT2D eigenvalue weighted by atomic mass is 10.0. The van der Waals surface area contributed by atoms with Gasteiger partial charge in [0.25, 0.3) is 0 Å². The van der Waals surface area contributed by atoms with Crippen LogP contribution in [0.5, 0.6) is 0 Å². The highest BCUT2D eigenvalue weighted by atomic mass is 19.4. The Morgan fingerprint density at radius 1 is 1.22 bits per heavy atom. The normalized spacial score (nSPS) is 29.5. The van der Waals surface area contributed by atoms with Crippen molar-refractivity contribution in [2.24, 2.45) is 0 Å². The first kappa shape index (κ1) is 15.7. The molecule has 108 valence electrons. The Bertz CT molecular complexity index is 233. The van der Waals surface area contributed by atoms with E-state index in [2.05, 4.69) is 6.92 Å². The van der Waals surface area contributed by atoms with E-state index in [-0.39, 0.29) is 6.42 Å². The summed E-state index contributed by atoms with van der Waals surface area (Å²) in [4.78, 5) is 0. The Morgan fingerprint density at radius 2 is 1.94 bits per heavy atom. The van der Waals surface area contributed by atoms with Crippen LogP contribution < -0.4 is 0 Å². The van der Waals surface area contributed by atoms with Crippen LogP contribution in [0.2, 0.25) is 0 Å². The van der Waals surface area contributed by atoms with E-state index >= 15 is 0 Å². The van der Waals surface area contributed by atoms with Gasteiger partial charge in [0.05, 0.1) is 6.10 Å². The third kappa shape index (κ3) is 5.12. The molecule has 0 saturated carbocycles. The van der Waals surface area contributed by atoms with Gasteiger partial charge in [-0.2, -0.15) is 13.2 Å². The van der Waals surface area contributed by atoms with Gasteiger partial charge in [-0.1, -0.05) is 26.2 Å². The number of ether oxygens (including phenoxy) is 2. The molecule has 1 N–H and O–H groups in total. The summed E-state index contributed by atoms with van der Waals surface area (Å²) in [5.41, 5.74) is 0. The van der Waals surface area contributed by atoms with Crippen molar-refractivity contribution >= 4 is 0 Å². The number of aliphatic hydroxyl groups excluding tert-OH is 1. The van der Waals surface area contributed by atoms with E-state index in [4.69, 9.17) is 9.47 Å². The fourth-order valence-electron chi connectivity index (χ4n) is 1.94. The van der Waals surface area contributed by atoms with Crippen LogP contribution in [0.25, 0.3) is 0 Å². The summed E-state index contributed by atoms with van der Waals surface area (Å²) in [6.45, 7) is 2.49. The number of hydrogen-bond donors (Lipinski definition) is 1. The molecule has 1 fully saturated rings. The highest BCUT2D eigenvalue weighted by molar-refractivity contribution is 4.81. The van der Waals surface area contributed by atoms with Crippen LogP contribution >= 0.6 is 0 Å². The van der Waals surface area contributed by atoms with E-state index < -0.39 is 24.7 Å². The molecule has 1 aliphatic heterocycles. The lowest BCUT2D eigenvalue weighted by Crippen LogP contribution is -2.48. The fourth-order valence-corrected chi connectivity index (χ4v) is 1.94. The van der Waals surface area contributed by atoms with Crippen LogP contribution in [-0.2, 0) is 9.47 Å². The molecular formula is C12H21F3O3. The molecule has 3 nitrogen and oxygen atoms in total. The molecule has 0 amide bonds. The van der Waals surface area contributed by atoms with Crippen LogP contribution in [0.1, 0.15) is 45.4 Å². The lowest BCUT2D eigenvalue weighted by molar-refractivity contribution is -0.311. The first-order valence-electron chi connectivity index (χ1n) is 6.47. The van der Waals surface area contributed by atoms with Crippen LogP contribution in [0.15, 0.2) is 0 Å². The average Bonchev–Trinajstić information content (AvgIpc) is 2.29. The maximum Gasteiger partial charge on any atom is 0.417 e. The lowest BCUT2D eigenvalue weighted by Gasteiger charge is -2.34. The molecule has 6 heteroatoms. The van der Waals surface area contributed by atoms with Gasteiger partial charge in [0.15, 0.2) is 12.4 Å². The molecule has 1 aliphatic rings. The van der Waals surface area contributed by atoms with E-state index in [0.717, 1.165) is 25.7 Å². The summed E-state index contributed by atoms with van der Waals surface area (Å²) in [5.74, 6) is 0. The number of unbranched alkanes of at least 4 members (excludes halogenated alkanes) is 3. The van der Waals surface area contributed by atoms with E-state index in [1.165, 1.54) is 0 Å². The molecule has 0 unspecified atom stereocenters. The van der Waals surface area contributed by atoms with Gasteiger partial charge >= 0.3 is 6.18 Å². The van der Waals surface area contributed by atoms with E-state index in [1.807, 2.05) is 0 Å². The predicted molar refractivity (Wildman–Crippen MR) is 60.1 cm³/mol. The van der Waals surface area contributed by atoms with Crippen molar-refractivity contribution in [3.63, 3.8) is 0 Å². The summed E-state index contributed by atoms with van der Waals surface area (Å²) in [5, 5.41) is 9.26. The summed E-state index contributed by atoms with van der Waals surface area (Å²) < 4.78 is 47.6.